The predicted molar refractivity (Wildman–Crippen MR) is 63.2 cm³/mol. The van der Waals surface area contributed by atoms with Crippen molar-refractivity contribution in [3.05, 3.63) is 0 Å². The van der Waals surface area contributed by atoms with Gasteiger partial charge in [0.1, 0.15) is 11.6 Å². The van der Waals surface area contributed by atoms with E-state index in [9.17, 15) is 9.59 Å². The van der Waals surface area contributed by atoms with E-state index in [1.807, 2.05) is 0 Å². The van der Waals surface area contributed by atoms with Crippen molar-refractivity contribution in [1.29, 1.82) is 0 Å². The van der Waals surface area contributed by atoms with Crippen molar-refractivity contribution in [3.63, 3.8) is 0 Å². The van der Waals surface area contributed by atoms with Gasteiger partial charge in [-0.2, -0.15) is 0 Å². The Morgan fingerprint density at radius 2 is 1.19 bits per heavy atom. The first-order valence-electron chi connectivity index (χ1n) is 6.49. The van der Waals surface area contributed by atoms with E-state index >= 15 is 0 Å². The molecule has 0 N–H and O–H groups in total. The Balaban J connectivity index is 2.20. The minimum Gasteiger partial charge on any atom is -0.300 e. The van der Waals surface area contributed by atoms with Gasteiger partial charge in [-0.15, -0.1) is 0 Å². The number of hydrogen-bond acceptors (Lipinski definition) is 2. The average Bonchev–Trinajstić information content (AvgIpc) is 2.16. The van der Waals surface area contributed by atoms with Gasteiger partial charge in [0.05, 0.1) is 0 Å². The summed E-state index contributed by atoms with van der Waals surface area (Å²) in [6, 6.07) is 0. The van der Waals surface area contributed by atoms with Crippen LogP contribution >= 0.6 is 0 Å². The van der Waals surface area contributed by atoms with Gasteiger partial charge in [0, 0.05) is 25.7 Å². The summed E-state index contributed by atoms with van der Waals surface area (Å²) in [4.78, 5) is 23.3. The molecule has 2 aliphatic rings. The molecule has 0 amide bonds. The summed E-state index contributed by atoms with van der Waals surface area (Å²) >= 11 is 0. The highest BCUT2D eigenvalue weighted by molar-refractivity contribution is 5.82. The van der Waals surface area contributed by atoms with Gasteiger partial charge in [-0.3, -0.25) is 9.59 Å². The fourth-order valence-corrected chi connectivity index (χ4v) is 3.61. The minimum absolute atomic E-state index is 0.0679. The van der Waals surface area contributed by atoms with Crippen LogP contribution in [-0.4, -0.2) is 11.6 Å². The molecule has 2 heteroatoms. The van der Waals surface area contributed by atoms with Gasteiger partial charge in [-0.25, -0.2) is 0 Å². The van der Waals surface area contributed by atoms with Crippen molar-refractivity contribution in [2.24, 2.45) is 10.8 Å². The zero-order valence-electron chi connectivity index (χ0n) is 10.5. The molecule has 2 nitrogen and oxygen atoms in total. The van der Waals surface area contributed by atoms with Crippen molar-refractivity contribution in [3.8, 4) is 0 Å². The van der Waals surface area contributed by atoms with E-state index in [1.165, 1.54) is 0 Å². The number of rotatable bonds is 1. The second kappa shape index (κ2) is 3.97. The normalized spacial score (nSPS) is 41.1. The number of ketones is 2. The minimum atomic E-state index is 0.0679. The van der Waals surface area contributed by atoms with Gasteiger partial charge in [-0.05, 0) is 36.5 Å². The van der Waals surface area contributed by atoms with Crippen molar-refractivity contribution in [2.45, 2.75) is 65.2 Å². The van der Waals surface area contributed by atoms with Crippen LogP contribution in [0.2, 0.25) is 0 Å². The van der Waals surface area contributed by atoms with E-state index in [0.717, 1.165) is 38.5 Å². The Labute approximate surface area is 97.8 Å². The van der Waals surface area contributed by atoms with Gasteiger partial charge >= 0.3 is 0 Å². The Morgan fingerprint density at radius 3 is 1.50 bits per heavy atom. The van der Waals surface area contributed by atoms with Crippen molar-refractivity contribution >= 4 is 11.6 Å². The fourth-order valence-electron chi connectivity index (χ4n) is 3.61. The first kappa shape index (κ1) is 11.8. The molecule has 2 aliphatic carbocycles. The van der Waals surface area contributed by atoms with Crippen LogP contribution in [0.3, 0.4) is 0 Å². The summed E-state index contributed by atoms with van der Waals surface area (Å²) < 4.78 is 0. The van der Waals surface area contributed by atoms with E-state index < -0.39 is 0 Å². The molecule has 0 aromatic carbocycles. The van der Waals surface area contributed by atoms with Crippen LogP contribution in [0.5, 0.6) is 0 Å². The zero-order chi connectivity index (χ0) is 11.8. The third kappa shape index (κ3) is 1.94. The van der Waals surface area contributed by atoms with Crippen molar-refractivity contribution < 1.29 is 9.59 Å². The number of hydrogen-bond donors (Lipinski definition) is 0. The molecule has 0 saturated heterocycles. The maximum atomic E-state index is 11.7. The monoisotopic (exact) mass is 222 g/mol. The van der Waals surface area contributed by atoms with Crippen LogP contribution in [0.4, 0.5) is 0 Å². The molecule has 2 unspecified atom stereocenters. The summed E-state index contributed by atoms with van der Waals surface area (Å²) in [5.74, 6) is 0.793. The summed E-state index contributed by atoms with van der Waals surface area (Å²) in [5.41, 5.74) is 0.136. The third-order valence-electron chi connectivity index (χ3n) is 5.00. The highest BCUT2D eigenvalue weighted by Crippen LogP contribution is 2.54. The Morgan fingerprint density at radius 1 is 0.812 bits per heavy atom. The molecule has 0 heterocycles. The molecule has 2 atom stereocenters. The highest BCUT2D eigenvalue weighted by atomic mass is 16.1. The summed E-state index contributed by atoms with van der Waals surface area (Å²) in [7, 11) is 0. The zero-order valence-corrected chi connectivity index (χ0v) is 10.5. The smallest absolute Gasteiger partial charge is 0.133 e. The van der Waals surface area contributed by atoms with Crippen molar-refractivity contribution in [2.75, 3.05) is 0 Å². The lowest BCUT2D eigenvalue weighted by Crippen LogP contribution is -2.44. The molecular weight excluding hydrogens is 200 g/mol. The summed E-state index contributed by atoms with van der Waals surface area (Å²) in [5, 5.41) is 0. The second-order valence-corrected chi connectivity index (χ2v) is 6.26. The number of carbonyl (C=O) groups excluding carboxylic acids is 2. The molecule has 0 radical (unpaired) electrons. The molecule has 2 fully saturated rings. The molecule has 0 aromatic heterocycles. The van der Waals surface area contributed by atoms with Crippen LogP contribution in [-0.2, 0) is 9.59 Å². The van der Waals surface area contributed by atoms with Crippen LogP contribution in [0, 0.1) is 10.8 Å². The molecular formula is C14H22O2. The van der Waals surface area contributed by atoms with E-state index in [1.54, 1.807) is 0 Å². The quantitative estimate of drug-likeness (QED) is 0.682. The molecule has 90 valence electrons. The first-order valence-corrected chi connectivity index (χ1v) is 6.49. The van der Waals surface area contributed by atoms with Crippen LogP contribution < -0.4 is 0 Å². The highest BCUT2D eigenvalue weighted by Gasteiger charge is 2.48. The number of Topliss-reactive ketones (excluding diaryl/α,β-unsaturated/α-hetero) is 2. The van der Waals surface area contributed by atoms with Crippen LogP contribution in [0.15, 0.2) is 0 Å². The maximum Gasteiger partial charge on any atom is 0.133 e. The number of carbonyl (C=O) groups is 2. The standard InChI is InChI=1S/C14H22O2/c1-13(7-3-5-11(15)9-13)14(2)8-4-6-12(16)10-14/h3-10H2,1-2H3. The first-order chi connectivity index (χ1) is 7.45. The van der Waals surface area contributed by atoms with Crippen LogP contribution in [0.25, 0.3) is 0 Å². The van der Waals surface area contributed by atoms with E-state index in [2.05, 4.69) is 13.8 Å². The predicted octanol–water partition coefficient (Wildman–Crippen LogP) is 3.29. The lowest BCUT2D eigenvalue weighted by Gasteiger charge is -2.50. The molecule has 16 heavy (non-hydrogen) atoms. The average molecular weight is 222 g/mol. The fraction of sp³-hybridized carbons (Fsp3) is 0.857. The largest absolute Gasteiger partial charge is 0.300 e. The van der Waals surface area contributed by atoms with E-state index in [4.69, 9.17) is 0 Å². The van der Waals surface area contributed by atoms with E-state index in [0.29, 0.717) is 24.4 Å². The molecule has 2 rings (SSSR count). The van der Waals surface area contributed by atoms with Crippen molar-refractivity contribution in [1.82, 2.24) is 0 Å². The Bertz CT molecular complexity index is 289. The molecule has 0 aromatic rings. The Kier molecular flexibility index (Phi) is 2.93. The molecule has 0 bridgehead atoms. The topological polar surface area (TPSA) is 34.1 Å². The SMILES string of the molecule is CC1(C2(C)CCCC(=O)C2)CCCC(=O)C1. The van der Waals surface area contributed by atoms with Gasteiger partial charge in [0.15, 0.2) is 0 Å². The Hall–Kier alpha value is -0.660. The third-order valence-corrected chi connectivity index (χ3v) is 5.00. The van der Waals surface area contributed by atoms with E-state index in [-0.39, 0.29) is 10.8 Å². The summed E-state index contributed by atoms with van der Waals surface area (Å²) in [6.07, 6.45) is 7.13. The van der Waals surface area contributed by atoms with Gasteiger partial charge in [0.25, 0.3) is 0 Å². The second-order valence-electron chi connectivity index (χ2n) is 6.26. The molecule has 0 aliphatic heterocycles. The molecule has 2 saturated carbocycles. The van der Waals surface area contributed by atoms with Gasteiger partial charge < -0.3 is 0 Å². The maximum absolute atomic E-state index is 11.7. The summed E-state index contributed by atoms with van der Waals surface area (Å²) in [6.45, 7) is 4.45. The van der Waals surface area contributed by atoms with Crippen LogP contribution in [0.1, 0.15) is 65.2 Å². The molecule has 0 spiro atoms. The lowest BCUT2D eigenvalue weighted by molar-refractivity contribution is -0.135. The lowest BCUT2D eigenvalue weighted by atomic mass is 9.54. The van der Waals surface area contributed by atoms with Gasteiger partial charge in [-0.1, -0.05) is 13.8 Å². The van der Waals surface area contributed by atoms with Gasteiger partial charge in [0.2, 0.25) is 0 Å².